The van der Waals surface area contributed by atoms with Crippen molar-refractivity contribution in [3.05, 3.63) is 75.3 Å². The Morgan fingerprint density at radius 1 is 0.964 bits per heavy atom. The van der Waals surface area contributed by atoms with Gasteiger partial charge in [0.15, 0.2) is 23.0 Å². The molecule has 0 spiro atoms. The van der Waals surface area contributed by atoms with Gasteiger partial charge in [0.05, 0.1) is 25.3 Å². The van der Waals surface area contributed by atoms with Crippen molar-refractivity contribution in [1.29, 1.82) is 5.26 Å². The Morgan fingerprint density at radius 2 is 1.73 bits per heavy atom. The number of nitrogens with one attached hydrogen (secondary N) is 1. The lowest BCUT2D eigenvalue weighted by Crippen LogP contribution is -2.68. The number of piperazine rings is 1. The van der Waals surface area contributed by atoms with Gasteiger partial charge >= 0.3 is 11.9 Å². The molecule has 12 nitrogen and oxygen atoms in total. The molecule has 12 heteroatoms. The fourth-order valence-corrected chi connectivity index (χ4v) is 9.27. The van der Waals surface area contributed by atoms with Crippen molar-refractivity contribution >= 4 is 17.8 Å². The number of likely N-dealkylation sites (N-methyl/N-ethyl adjacent to an activating group) is 1. The first kappa shape index (κ1) is 38.2. The third-order valence-electron chi connectivity index (χ3n) is 11.7. The van der Waals surface area contributed by atoms with Crippen LogP contribution in [0.15, 0.2) is 36.4 Å². The molecule has 4 aliphatic heterocycles. The number of carbonyl (C=O) groups excluding carboxylic acids is 3. The minimum atomic E-state index is -0.599. The standard InChI is InChI=1S/C43H50N4O8/c1-7-8-10-15-35(50)55-43-36-28(18-24(2)39(43)51-6)19-30-32(21-44)47-31(38(36)46(30)5)20-29-37(42-41(52-23-53-42)25(3)40(29)54-26(4)48)33(47)22-45-34(49)17-16-27-13-11-9-12-14-27/h9,11-14,18,30-33,38H,7-8,10,15-17,19-20,22-23H2,1-6H3,(H,45,49)/t30?,31-,32-,33-,38?/m0/s1. The quantitative estimate of drug-likeness (QED) is 0.133. The molecule has 2 unspecified atom stereocenters. The predicted octanol–water partition coefficient (Wildman–Crippen LogP) is 5.97. The first-order valence-corrected chi connectivity index (χ1v) is 19.3. The van der Waals surface area contributed by atoms with Gasteiger partial charge in [-0.3, -0.25) is 24.2 Å². The fraction of sp³-hybridized carbons (Fsp3) is 0.488. The van der Waals surface area contributed by atoms with Crippen LogP contribution in [0.1, 0.15) is 97.0 Å². The molecule has 5 atom stereocenters. The molecular formula is C43H50N4O8. The van der Waals surface area contributed by atoms with Crippen LogP contribution in [0.2, 0.25) is 0 Å². The van der Waals surface area contributed by atoms with Crippen LogP contribution in [-0.4, -0.2) is 73.3 Å². The first-order valence-electron chi connectivity index (χ1n) is 19.3. The molecular weight excluding hydrogens is 700 g/mol. The van der Waals surface area contributed by atoms with Crippen LogP contribution in [0, 0.1) is 25.2 Å². The zero-order chi connectivity index (χ0) is 39.0. The van der Waals surface area contributed by atoms with Crippen LogP contribution in [0.25, 0.3) is 0 Å². The summed E-state index contributed by atoms with van der Waals surface area (Å²) >= 11 is 0. The van der Waals surface area contributed by atoms with Crippen molar-refractivity contribution < 1.29 is 38.1 Å². The molecule has 7 rings (SSSR count). The van der Waals surface area contributed by atoms with Gasteiger partial charge in [-0.15, -0.1) is 0 Å². The number of unbranched alkanes of at least 4 members (excludes halogenated alkanes) is 2. The van der Waals surface area contributed by atoms with Crippen LogP contribution in [0.3, 0.4) is 0 Å². The van der Waals surface area contributed by atoms with E-state index < -0.39 is 18.1 Å². The van der Waals surface area contributed by atoms with E-state index in [0.717, 1.165) is 52.6 Å². The zero-order valence-electron chi connectivity index (χ0n) is 32.5. The molecule has 1 saturated heterocycles. The van der Waals surface area contributed by atoms with Gasteiger partial charge in [0.25, 0.3) is 0 Å². The first-order chi connectivity index (χ1) is 26.6. The van der Waals surface area contributed by atoms with Gasteiger partial charge in [-0.25, -0.2) is 0 Å². The highest BCUT2D eigenvalue weighted by Crippen LogP contribution is 2.58. The summed E-state index contributed by atoms with van der Waals surface area (Å²) < 4.78 is 30.4. The summed E-state index contributed by atoms with van der Waals surface area (Å²) in [6.07, 6.45) is 4.67. The van der Waals surface area contributed by atoms with E-state index in [2.05, 4.69) is 34.2 Å². The highest BCUT2D eigenvalue weighted by Gasteiger charge is 2.57. The van der Waals surface area contributed by atoms with Gasteiger partial charge in [0, 0.05) is 60.6 Å². The topological polar surface area (TPSA) is 140 Å². The van der Waals surface area contributed by atoms with E-state index in [1.807, 2.05) is 51.2 Å². The van der Waals surface area contributed by atoms with E-state index in [0.29, 0.717) is 53.6 Å². The van der Waals surface area contributed by atoms with E-state index in [-0.39, 0.29) is 56.2 Å². The number of nitrogens with zero attached hydrogens (tertiary/aromatic N) is 3. The summed E-state index contributed by atoms with van der Waals surface area (Å²) in [5.41, 5.74) is 5.89. The average molecular weight is 751 g/mol. The molecule has 2 bridgehead atoms. The second kappa shape index (κ2) is 15.9. The summed E-state index contributed by atoms with van der Waals surface area (Å²) in [7, 11) is 3.61. The van der Waals surface area contributed by atoms with Crippen molar-refractivity contribution in [2.75, 3.05) is 27.5 Å². The van der Waals surface area contributed by atoms with Crippen molar-refractivity contribution in [3.63, 3.8) is 0 Å². The number of ether oxygens (including phenoxy) is 5. The van der Waals surface area contributed by atoms with E-state index >= 15 is 0 Å². The molecule has 0 aromatic heterocycles. The third kappa shape index (κ3) is 7.00. The molecule has 1 fully saturated rings. The Balaban J connectivity index is 1.37. The monoisotopic (exact) mass is 750 g/mol. The second-order valence-corrected chi connectivity index (χ2v) is 15.0. The van der Waals surface area contributed by atoms with Crippen LogP contribution >= 0.6 is 0 Å². The minimum Gasteiger partial charge on any atom is -0.493 e. The summed E-state index contributed by atoms with van der Waals surface area (Å²) in [5.74, 6) is 1.39. The summed E-state index contributed by atoms with van der Waals surface area (Å²) in [5, 5.41) is 14.3. The number of hydrogen-bond acceptors (Lipinski definition) is 11. The van der Waals surface area contributed by atoms with Crippen molar-refractivity contribution in [1.82, 2.24) is 15.1 Å². The number of rotatable bonds is 12. The molecule has 0 aliphatic carbocycles. The number of hydrogen-bond donors (Lipinski definition) is 1. The maximum Gasteiger partial charge on any atom is 0.311 e. The molecule has 4 heterocycles. The Labute approximate surface area is 322 Å². The number of benzene rings is 3. The van der Waals surface area contributed by atoms with Gasteiger partial charge in [0.2, 0.25) is 12.7 Å². The molecule has 3 aromatic carbocycles. The Bertz CT molecular complexity index is 2030. The number of aryl methyl sites for hydroxylation is 2. The average Bonchev–Trinajstić information content (AvgIpc) is 3.66. The van der Waals surface area contributed by atoms with Crippen molar-refractivity contribution in [3.8, 4) is 34.8 Å². The van der Waals surface area contributed by atoms with Crippen LogP contribution in [0.5, 0.6) is 28.7 Å². The number of nitriles is 1. The maximum atomic E-state index is 13.5. The van der Waals surface area contributed by atoms with Crippen molar-refractivity contribution in [2.45, 2.75) is 109 Å². The number of esters is 2. The Morgan fingerprint density at radius 3 is 2.44 bits per heavy atom. The highest BCUT2D eigenvalue weighted by atomic mass is 16.7. The summed E-state index contributed by atoms with van der Waals surface area (Å²) in [6.45, 7) is 7.41. The van der Waals surface area contributed by atoms with Crippen LogP contribution < -0.4 is 29.0 Å². The van der Waals surface area contributed by atoms with Crippen LogP contribution in [0.4, 0.5) is 0 Å². The van der Waals surface area contributed by atoms with E-state index in [1.54, 1.807) is 7.11 Å². The SMILES string of the molecule is CCCCCC(=O)Oc1c(OC)c(C)cc2c1C1[C@@H]3Cc4c(OC(C)=O)c(C)c5c(c4[C@H](CNC(=O)CCc4ccccc4)N3[C@@H](C#N)C(C2)N1C)OCO5. The molecule has 1 amide bonds. The largest absolute Gasteiger partial charge is 0.493 e. The lowest BCUT2D eigenvalue weighted by molar-refractivity contribution is -0.135. The zero-order valence-corrected chi connectivity index (χ0v) is 32.5. The van der Waals surface area contributed by atoms with Crippen molar-refractivity contribution in [2.24, 2.45) is 0 Å². The second-order valence-electron chi connectivity index (χ2n) is 15.0. The minimum absolute atomic E-state index is 0.0130. The lowest BCUT2D eigenvalue weighted by atomic mass is 9.71. The van der Waals surface area contributed by atoms with E-state index in [9.17, 15) is 19.6 Å². The lowest BCUT2D eigenvalue weighted by Gasteiger charge is -2.60. The van der Waals surface area contributed by atoms with E-state index in [4.69, 9.17) is 23.7 Å². The molecule has 4 aliphatic rings. The summed E-state index contributed by atoms with van der Waals surface area (Å²) in [4.78, 5) is 44.1. The smallest absolute Gasteiger partial charge is 0.311 e. The normalized spacial score (nSPS) is 22.1. The fourth-order valence-electron chi connectivity index (χ4n) is 9.27. The molecule has 0 saturated carbocycles. The summed E-state index contributed by atoms with van der Waals surface area (Å²) in [6, 6.07) is 12.5. The molecule has 0 radical (unpaired) electrons. The van der Waals surface area contributed by atoms with Gasteiger partial charge in [0.1, 0.15) is 11.8 Å². The number of amides is 1. The number of carbonyl (C=O) groups is 3. The number of fused-ring (bicyclic) bond motifs is 9. The van der Waals surface area contributed by atoms with Crippen LogP contribution in [-0.2, 0) is 33.6 Å². The Kier molecular flexibility index (Phi) is 11.1. The number of methoxy groups -OCH3 is 1. The third-order valence-corrected chi connectivity index (χ3v) is 11.7. The highest BCUT2D eigenvalue weighted by molar-refractivity contribution is 5.77. The molecule has 290 valence electrons. The molecule has 55 heavy (non-hydrogen) atoms. The van der Waals surface area contributed by atoms with Gasteiger partial charge in [-0.1, -0.05) is 56.2 Å². The predicted molar refractivity (Wildman–Crippen MR) is 203 cm³/mol. The van der Waals surface area contributed by atoms with Gasteiger partial charge in [-0.05, 0) is 63.3 Å². The maximum absolute atomic E-state index is 13.5. The molecule has 3 aromatic rings. The Hall–Kier alpha value is -5.12. The van der Waals surface area contributed by atoms with Gasteiger partial charge in [-0.2, -0.15) is 5.26 Å². The van der Waals surface area contributed by atoms with Gasteiger partial charge < -0.3 is 29.0 Å². The van der Waals surface area contributed by atoms with E-state index in [1.165, 1.54) is 6.92 Å². The molecule has 1 N–H and O–H groups in total.